The van der Waals surface area contributed by atoms with Gasteiger partial charge in [0, 0.05) is 39.0 Å². The Labute approximate surface area is 99.2 Å². The predicted octanol–water partition coefficient (Wildman–Crippen LogP) is -0.617. The van der Waals surface area contributed by atoms with E-state index < -0.39 is 5.97 Å². The van der Waals surface area contributed by atoms with Crippen LogP contribution in [0.25, 0.3) is 0 Å². The summed E-state index contributed by atoms with van der Waals surface area (Å²) >= 11 is 0. The number of nitrogens with one attached hydrogen (secondary N) is 2. The van der Waals surface area contributed by atoms with Gasteiger partial charge in [0.15, 0.2) is 0 Å². The van der Waals surface area contributed by atoms with Gasteiger partial charge in [0.1, 0.15) is 0 Å². The van der Waals surface area contributed by atoms with Crippen LogP contribution in [-0.2, 0) is 9.59 Å². The van der Waals surface area contributed by atoms with Crippen LogP contribution in [0.4, 0.5) is 4.79 Å². The highest BCUT2D eigenvalue weighted by atomic mass is 16.4. The van der Waals surface area contributed by atoms with Gasteiger partial charge in [0.2, 0.25) is 5.91 Å². The number of hydrogen-bond donors (Lipinski definition) is 3. The fraction of sp³-hybridized carbons (Fsp3) is 0.700. The minimum atomic E-state index is -0.871. The summed E-state index contributed by atoms with van der Waals surface area (Å²) in [7, 11) is 0. The highest BCUT2D eigenvalue weighted by Gasteiger charge is 2.17. The monoisotopic (exact) mass is 243 g/mol. The largest absolute Gasteiger partial charge is 0.481 e. The van der Waals surface area contributed by atoms with Crippen LogP contribution in [-0.4, -0.2) is 54.1 Å². The van der Waals surface area contributed by atoms with Gasteiger partial charge in [-0.25, -0.2) is 4.79 Å². The maximum absolute atomic E-state index is 11.6. The molecule has 0 aliphatic carbocycles. The second-order valence-electron chi connectivity index (χ2n) is 3.82. The third kappa shape index (κ3) is 5.19. The van der Waals surface area contributed by atoms with E-state index in [1.807, 2.05) is 0 Å². The highest BCUT2D eigenvalue weighted by Crippen LogP contribution is 1.97. The van der Waals surface area contributed by atoms with Gasteiger partial charge < -0.3 is 20.6 Å². The van der Waals surface area contributed by atoms with Gasteiger partial charge in [0.05, 0.1) is 0 Å². The van der Waals surface area contributed by atoms with Crippen LogP contribution >= 0.6 is 0 Å². The molecule has 96 valence electrons. The Bertz CT molecular complexity index is 306. The molecule has 3 amide bonds. The third-order valence-corrected chi connectivity index (χ3v) is 2.44. The fourth-order valence-corrected chi connectivity index (χ4v) is 1.52. The van der Waals surface area contributed by atoms with Crippen molar-refractivity contribution in [2.75, 3.05) is 26.2 Å². The number of urea groups is 1. The van der Waals surface area contributed by atoms with Crippen molar-refractivity contribution in [2.24, 2.45) is 0 Å². The molecule has 0 unspecified atom stereocenters. The molecule has 0 aromatic carbocycles. The minimum Gasteiger partial charge on any atom is -0.481 e. The number of carboxylic acids is 1. The molecule has 0 aromatic heterocycles. The molecular weight excluding hydrogens is 226 g/mol. The third-order valence-electron chi connectivity index (χ3n) is 2.44. The highest BCUT2D eigenvalue weighted by molar-refractivity contribution is 5.79. The zero-order chi connectivity index (χ0) is 12.7. The maximum Gasteiger partial charge on any atom is 0.317 e. The Morgan fingerprint density at radius 1 is 1.41 bits per heavy atom. The lowest BCUT2D eigenvalue weighted by Gasteiger charge is -2.19. The van der Waals surface area contributed by atoms with Crippen molar-refractivity contribution in [1.29, 1.82) is 0 Å². The van der Waals surface area contributed by atoms with Crippen molar-refractivity contribution in [2.45, 2.75) is 19.3 Å². The second-order valence-corrected chi connectivity index (χ2v) is 3.82. The minimum absolute atomic E-state index is 0.0420. The van der Waals surface area contributed by atoms with Gasteiger partial charge in [-0.05, 0) is 6.42 Å². The molecule has 7 heteroatoms. The number of carbonyl (C=O) groups excluding carboxylic acids is 2. The lowest BCUT2D eigenvalue weighted by atomic mass is 10.3. The molecule has 1 heterocycles. The first-order valence-electron chi connectivity index (χ1n) is 5.61. The Morgan fingerprint density at radius 3 is 2.88 bits per heavy atom. The Morgan fingerprint density at radius 2 is 2.18 bits per heavy atom. The van der Waals surface area contributed by atoms with Crippen molar-refractivity contribution in [3.05, 3.63) is 0 Å². The fourth-order valence-electron chi connectivity index (χ4n) is 1.52. The van der Waals surface area contributed by atoms with Gasteiger partial charge in [-0.2, -0.15) is 0 Å². The van der Waals surface area contributed by atoms with Crippen molar-refractivity contribution < 1.29 is 19.5 Å². The molecule has 7 nitrogen and oxygen atoms in total. The number of nitrogens with zero attached hydrogens (tertiary/aromatic N) is 1. The van der Waals surface area contributed by atoms with Gasteiger partial charge in [-0.3, -0.25) is 9.59 Å². The molecule has 0 atom stereocenters. The normalized spacial score (nSPS) is 16.0. The molecule has 0 spiro atoms. The Hall–Kier alpha value is -1.79. The quantitative estimate of drug-likeness (QED) is 0.573. The van der Waals surface area contributed by atoms with E-state index in [4.69, 9.17) is 5.11 Å². The van der Waals surface area contributed by atoms with Crippen LogP contribution in [0.15, 0.2) is 0 Å². The number of aliphatic carboxylic acids is 1. The van der Waals surface area contributed by atoms with E-state index in [0.29, 0.717) is 39.0 Å². The molecule has 17 heavy (non-hydrogen) atoms. The number of rotatable bonds is 4. The molecule has 1 saturated heterocycles. The molecule has 1 aliphatic rings. The molecule has 0 radical (unpaired) electrons. The van der Waals surface area contributed by atoms with E-state index in [1.54, 1.807) is 4.90 Å². The summed E-state index contributed by atoms with van der Waals surface area (Å²) in [6.45, 7) is 1.68. The van der Waals surface area contributed by atoms with E-state index >= 15 is 0 Å². The van der Waals surface area contributed by atoms with E-state index in [-0.39, 0.29) is 18.4 Å². The summed E-state index contributed by atoms with van der Waals surface area (Å²) < 4.78 is 0. The molecule has 1 fully saturated rings. The van der Waals surface area contributed by atoms with Crippen molar-refractivity contribution in [3.63, 3.8) is 0 Å². The van der Waals surface area contributed by atoms with Crippen LogP contribution in [0.3, 0.4) is 0 Å². The molecule has 1 aliphatic heterocycles. The van der Waals surface area contributed by atoms with Crippen LogP contribution in [0.1, 0.15) is 19.3 Å². The van der Waals surface area contributed by atoms with E-state index in [0.717, 1.165) is 0 Å². The van der Waals surface area contributed by atoms with Crippen molar-refractivity contribution in [1.82, 2.24) is 15.5 Å². The van der Waals surface area contributed by atoms with Crippen LogP contribution in [0.5, 0.6) is 0 Å². The van der Waals surface area contributed by atoms with E-state index in [9.17, 15) is 14.4 Å². The molecule has 0 bridgehead atoms. The number of carboxylic acid groups (broad SMARTS) is 1. The summed E-state index contributed by atoms with van der Waals surface area (Å²) in [4.78, 5) is 34.5. The molecule has 0 saturated carbocycles. The average Bonchev–Trinajstić information content (AvgIpc) is 2.49. The van der Waals surface area contributed by atoms with Gasteiger partial charge in [-0.15, -0.1) is 0 Å². The summed E-state index contributed by atoms with van der Waals surface area (Å²) in [5.41, 5.74) is 0. The van der Waals surface area contributed by atoms with Gasteiger partial charge in [0.25, 0.3) is 0 Å². The van der Waals surface area contributed by atoms with Crippen LogP contribution < -0.4 is 10.6 Å². The smallest absolute Gasteiger partial charge is 0.317 e. The molecule has 3 N–H and O–H groups in total. The summed E-state index contributed by atoms with van der Waals surface area (Å²) in [6.07, 6.45) is 0.759. The lowest BCUT2D eigenvalue weighted by molar-refractivity contribution is -0.137. The van der Waals surface area contributed by atoms with Gasteiger partial charge >= 0.3 is 12.0 Å². The van der Waals surface area contributed by atoms with Crippen molar-refractivity contribution >= 4 is 17.9 Å². The average molecular weight is 243 g/mol. The van der Waals surface area contributed by atoms with Gasteiger partial charge in [-0.1, -0.05) is 0 Å². The topological polar surface area (TPSA) is 98.7 Å². The zero-order valence-corrected chi connectivity index (χ0v) is 9.57. The first kappa shape index (κ1) is 13.3. The maximum atomic E-state index is 11.6. The number of amides is 3. The summed E-state index contributed by atoms with van der Waals surface area (Å²) in [6, 6.07) is -0.244. The number of carbonyl (C=O) groups is 3. The molecule has 1 rings (SSSR count). The zero-order valence-electron chi connectivity index (χ0n) is 9.57. The van der Waals surface area contributed by atoms with E-state index in [2.05, 4.69) is 10.6 Å². The summed E-state index contributed by atoms with van der Waals surface area (Å²) in [5.74, 6) is -0.921. The standard InChI is InChI=1S/C10H17N3O4/c14-8-3-6-13(7-5-11-8)10(17)12-4-1-2-9(15)16/h1-7H2,(H,11,14)(H,12,17)(H,15,16). The second kappa shape index (κ2) is 6.72. The SMILES string of the molecule is O=C(O)CCCNC(=O)N1CCNC(=O)CC1. The van der Waals surface area contributed by atoms with Crippen LogP contribution in [0.2, 0.25) is 0 Å². The number of hydrogen-bond acceptors (Lipinski definition) is 3. The predicted molar refractivity (Wildman–Crippen MR) is 59.5 cm³/mol. The Kier molecular flexibility index (Phi) is 5.25. The van der Waals surface area contributed by atoms with E-state index in [1.165, 1.54) is 0 Å². The first-order valence-corrected chi connectivity index (χ1v) is 5.61. The lowest BCUT2D eigenvalue weighted by Crippen LogP contribution is -2.42. The first-order chi connectivity index (χ1) is 8.09. The molecular formula is C10H17N3O4. The van der Waals surface area contributed by atoms with Crippen molar-refractivity contribution in [3.8, 4) is 0 Å². The summed E-state index contributed by atoms with van der Waals surface area (Å²) in [5, 5.41) is 13.7. The molecule has 0 aromatic rings. The van der Waals surface area contributed by atoms with Crippen LogP contribution in [0, 0.1) is 0 Å². The Balaban J connectivity index is 2.22.